The summed E-state index contributed by atoms with van der Waals surface area (Å²) in [6.45, 7) is 4.11. The van der Waals surface area contributed by atoms with E-state index < -0.39 is 5.97 Å². The molecule has 2 aromatic carbocycles. The summed E-state index contributed by atoms with van der Waals surface area (Å²) >= 11 is 7.54. The average molecular weight is 293 g/mol. The lowest BCUT2D eigenvalue weighted by Gasteiger charge is -2.07. The second-order valence-corrected chi connectivity index (χ2v) is 5.84. The normalized spacial score (nSPS) is 10.5. The summed E-state index contributed by atoms with van der Waals surface area (Å²) in [5.41, 5.74) is 2.55. The third-order valence-corrected chi connectivity index (χ3v) is 4.21. The minimum Gasteiger partial charge on any atom is -0.478 e. The zero-order chi connectivity index (χ0) is 14.0. The first-order valence-electron chi connectivity index (χ1n) is 5.75. The van der Waals surface area contributed by atoms with Gasteiger partial charge in [-0.25, -0.2) is 4.79 Å². The van der Waals surface area contributed by atoms with Crippen LogP contribution in [0.1, 0.15) is 21.5 Å². The first-order valence-corrected chi connectivity index (χ1v) is 6.95. The van der Waals surface area contributed by atoms with Gasteiger partial charge in [-0.2, -0.15) is 0 Å². The number of benzene rings is 2. The van der Waals surface area contributed by atoms with Crippen LogP contribution >= 0.6 is 23.4 Å². The largest absolute Gasteiger partial charge is 0.478 e. The van der Waals surface area contributed by atoms with Gasteiger partial charge in [0.2, 0.25) is 0 Å². The van der Waals surface area contributed by atoms with Crippen molar-refractivity contribution in [1.29, 1.82) is 0 Å². The van der Waals surface area contributed by atoms with Gasteiger partial charge in [0.25, 0.3) is 0 Å². The van der Waals surface area contributed by atoms with Gasteiger partial charge in [0.15, 0.2) is 0 Å². The van der Waals surface area contributed by atoms with Gasteiger partial charge in [-0.3, -0.25) is 0 Å². The van der Waals surface area contributed by atoms with Crippen molar-refractivity contribution < 1.29 is 9.90 Å². The van der Waals surface area contributed by atoms with Crippen LogP contribution in [-0.4, -0.2) is 11.1 Å². The van der Waals surface area contributed by atoms with Gasteiger partial charge in [0, 0.05) is 9.79 Å². The highest BCUT2D eigenvalue weighted by atomic mass is 35.5. The Morgan fingerprint density at radius 2 is 1.89 bits per heavy atom. The number of rotatable bonds is 3. The van der Waals surface area contributed by atoms with E-state index in [1.54, 1.807) is 23.9 Å². The quantitative estimate of drug-likeness (QED) is 0.882. The number of halogens is 1. The molecule has 98 valence electrons. The zero-order valence-corrected chi connectivity index (χ0v) is 12.2. The second-order valence-electron chi connectivity index (χ2n) is 4.32. The summed E-state index contributed by atoms with van der Waals surface area (Å²) in [5, 5.41) is 9.20. The maximum Gasteiger partial charge on any atom is 0.337 e. The smallest absolute Gasteiger partial charge is 0.337 e. The molecule has 1 N–H and O–H groups in total. The average Bonchev–Trinajstić information content (AvgIpc) is 2.32. The molecule has 2 aromatic rings. The summed E-state index contributed by atoms with van der Waals surface area (Å²) in [4.78, 5) is 13.0. The van der Waals surface area contributed by atoms with Crippen LogP contribution < -0.4 is 0 Å². The van der Waals surface area contributed by atoms with E-state index in [0.29, 0.717) is 0 Å². The fourth-order valence-electron chi connectivity index (χ4n) is 1.77. The van der Waals surface area contributed by atoms with Crippen molar-refractivity contribution in [2.24, 2.45) is 0 Å². The summed E-state index contributed by atoms with van der Waals surface area (Å²) in [7, 11) is 0. The summed E-state index contributed by atoms with van der Waals surface area (Å²) in [5.74, 6) is -1.01. The molecule has 4 heteroatoms. The Morgan fingerprint density at radius 1 is 1.16 bits per heavy atom. The van der Waals surface area contributed by atoms with E-state index >= 15 is 0 Å². The molecule has 2 rings (SSSR count). The van der Waals surface area contributed by atoms with Crippen molar-refractivity contribution in [3.63, 3.8) is 0 Å². The molecular formula is C15H13ClO2S. The molecule has 0 heterocycles. The topological polar surface area (TPSA) is 37.3 Å². The number of hydrogen-bond donors (Lipinski definition) is 1. The Labute approximate surface area is 121 Å². The number of carbonyl (C=O) groups is 1. The molecule has 0 radical (unpaired) electrons. The van der Waals surface area contributed by atoms with Crippen molar-refractivity contribution in [3.05, 3.63) is 58.1 Å². The van der Waals surface area contributed by atoms with Gasteiger partial charge in [0.1, 0.15) is 0 Å². The van der Waals surface area contributed by atoms with E-state index in [9.17, 15) is 4.79 Å². The first kappa shape index (κ1) is 14.0. The predicted octanol–water partition coefficient (Wildman–Crippen LogP) is 4.81. The lowest BCUT2D eigenvalue weighted by atomic mass is 10.2. The van der Waals surface area contributed by atoms with E-state index in [4.69, 9.17) is 16.7 Å². The van der Waals surface area contributed by atoms with Crippen LogP contribution in [0.4, 0.5) is 0 Å². The molecule has 0 spiro atoms. The van der Waals surface area contributed by atoms with Gasteiger partial charge < -0.3 is 5.11 Å². The number of aryl methyl sites for hydroxylation is 2. The Bertz CT molecular complexity index is 638. The molecule has 0 bridgehead atoms. The fourth-order valence-corrected chi connectivity index (χ4v) is 3.02. The highest BCUT2D eigenvalue weighted by Gasteiger charge is 2.10. The van der Waals surface area contributed by atoms with Crippen molar-refractivity contribution in [2.75, 3.05) is 0 Å². The Kier molecular flexibility index (Phi) is 4.17. The summed E-state index contributed by atoms with van der Waals surface area (Å²) in [6, 6.07) is 11.2. The minimum atomic E-state index is -1.01. The highest BCUT2D eigenvalue weighted by Crippen LogP contribution is 2.33. The second kappa shape index (κ2) is 5.68. The van der Waals surface area contributed by atoms with Crippen LogP contribution in [0.15, 0.2) is 46.2 Å². The van der Waals surface area contributed by atoms with Crippen LogP contribution in [0.5, 0.6) is 0 Å². The van der Waals surface area contributed by atoms with Crippen LogP contribution in [0.25, 0.3) is 0 Å². The van der Waals surface area contributed by atoms with Crippen molar-refractivity contribution >= 4 is 29.3 Å². The van der Waals surface area contributed by atoms with Crippen molar-refractivity contribution in [3.8, 4) is 0 Å². The SMILES string of the molecule is Cc1ccc(Sc2ccc(C(=O)O)c(Cl)c2)c(C)c1. The fraction of sp³-hybridized carbons (Fsp3) is 0.133. The summed E-state index contributed by atoms with van der Waals surface area (Å²) in [6.07, 6.45) is 0. The molecule has 2 nitrogen and oxygen atoms in total. The van der Waals surface area contributed by atoms with Gasteiger partial charge in [-0.05, 0) is 43.7 Å². The van der Waals surface area contributed by atoms with Crippen LogP contribution in [0, 0.1) is 13.8 Å². The lowest BCUT2D eigenvalue weighted by molar-refractivity contribution is 0.0697. The maximum atomic E-state index is 10.9. The molecule has 0 aliphatic carbocycles. The Hall–Kier alpha value is -1.45. The monoisotopic (exact) mass is 292 g/mol. The Morgan fingerprint density at radius 3 is 2.47 bits per heavy atom. The minimum absolute atomic E-state index is 0.131. The first-order chi connectivity index (χ1) is 8.97. The van der Waals surface area contributed by atoms with Crippen molar-refractivity contribution in [2.45, 2.75) is 23.6 Å². The molecule has 0 aliphatic rings. The highest BCUT2D eigenvalue weighted by molar-refractivity contribution is 7.99. The number of carboxylic acids is 1. The van der Waals surface area contributed by atoms with Crippen LogP contribution in [-0.2, 0) is 0 Å². The van der Waals surface area contributed by atoms with Gasteiger partial charge in [0.05, 0.1) is 10.6 Å². The van der Waals surface area contributed by atoms with Crippen LogP contribution in [0.2, 0.25) is 5.02 Å². The van der Waals surface area contributed by atoms with E-state index in [1.165, 1.54) is 17.2 Å². The lowest BCUT2D eigenvalue weighted by Crippen LogP contribution is -1.96. The maximum absolute atomic E-state index is 10.9. The van der Waals surface area contributed by atoms with E-state index in [2.05, 4.69) is 32.0 Å². The molecule has 0 amide bonds. The van der Waals surface area contributed by atoms with E-state index in [0.717, 1.165) is 9.79 Å². The molecule has 19 heavy (non-hydrogen) atoms. The van der Waals surface area contributed by atoms with Crippen molar-refractivity contribution in [1.82, 2.24) is 0 Å². The standard InChI is InChI=1S/C15H13ClO2S/c1-9-3-6-14(10(2)7-9)19-11-4-5-12(15(17)18)13(16)8-11/h3-8H,1-2H3,(H,17,18). The molecule has 0 atom stereocenters. The molecule has 0 fully saturated rings. The zero-order valence-electron chi connectivity index (χ0n) is 10.6. The van der Waals surface area contributed by atoms with Gasteiger partial charge >= 0.3 is 5.97 Å². The third kappa shape index (κ3) is 3.31. The Balaban J connectivity index is 2.29. The van der Waals surface area contributed by atoms with E-state index in [-0.39, 0.29) is 10.6 Å². The molecule has 0 saturated carbocycles. The predicted molar refractivity (Wildman–Crippen MR) is 78.5 cm³/mol. The third-order valence-electron chi connectivity index (χ3n) is 2.73. The summed E-state index contributed by atoms with van der Waals surface area (Å²) < 4.78 is 0. The van der Waals surface area contributed by atoms with Gasteiger partial charge in [-0.1, -0.05) is 41.1 Å². The number of aromatic carboxylic acids is 1. The number of carboxylic acid groups (broad SMARTS) is 1. The molecular weight excluding hydrogens is 280 g/mol. The van der Waals surface area contributed by atoms with Gasteiger partial charge in [-0.15, -0.1) is 0 Å². The van der Waals surface area contributed by atoms with E-state index in [1.807, 2.05) is 0 Å². The van der Waals surface area contributed by atoms with Crippen LogP contribution in [0.3, 0.4) is 0 Å². The molecule has 0 aromatic heterocycles. The molecule has 0 aliphatic heterocycles. The number of hydrogen-bond acceptors (Lipinski definition) is 2. The molecule has 0 unspecified atom stereocenters. The molecule has 0 saturated heterocycles.